The van der Waals surface area contributed by atoms with Gasteiger partial charge in [0, 0.05) is 5.69 Å². The summed E-state index contributed by atoms with van der Waals surface area (Å²) in [5.41, 5.74) is 4.24. The van der Waals surface area contributed by atoms with Gasteiger partial charge < -0.3 is 14.8 Å². The topological polar surface area (TPSA) is 64.6 Å². The average molecular weight is 341 g/mol. The molecule has 0 saturated carbocycles. The third kappa shape index (κ3) is 4.83. The number of aryl methyl sites for hydroxylation is 3. The molecule has 0 aliphatic rings. The van der Waals surface area contributed by atoms with Crippen LogP contribution in [0.3, 0.4) is 0 Å². The molecule has 5 heteroatoms. The van der Waals surface area contributed by atoms with Crippen LogP contribution < -0.4 is 10.1 Å². The van der Waals surface area contributed by atoms with Gasteiger partial charge in [0.2, 0.25) is 0 Å². The van der Waals surface area contributed by atoms with Crippen LogP contribution in [-0.2, 0) is 9.53 Å². The van der Waals surface area contributed by atoms with Crippen LogP contribution in [0, 0.1) is 20.8 Å². The van der Waals surface area contributed by atoms with E-state index in [0.29, 0.717) is 11.3 Å². The second-order valence-corrected chi connectivity index (χ2v) is 5.83. The highest BCUT2D eigenvalue weighted by Gasteiger charge is 2.15. The second kappa shape index (κ2) is 8.33. The maximum atomic E-state index is 12.2. The number of anilines is 1. The van der Waals surface area contributed by atoms with Gasteiger partial charge in [0.1, 0.15) is 11.3 Å². The van der Waals surface area contributed by atoms with Crippen LogP contribution in [0.4, 0.5) is 5.69 Å². The minimum Gasteiger partial charge on any atom is -0.483 e. The van der Waals surface area contributed by atoms with E-state index in [1.807, 2.05) is 32.9 Å². The molecule has 0 unspecified atom stereocenters. The summed E-state index contributed by atoms with van der Waals surface area (Å²) in [5, 5.41) is 2.87. The first-order chi connectivity index (χ1) is 11.9. The second-order valence-electron chi connectivity index (χ2n) is 5.83. The number of hydrogen-bond acceptors (Lipinski definition) is 4. The van der Waals surface area contributed by atoms with E-state index in [4.69, 9.17) is 9.47 Å². The molecule has 0 spiro atoms. The van der Waals surface area contributed by atoms with Gasteiger partial charge in [-0.05, 0) is 51.0 Å². The third-order valence-electron chi connectivity index (χ3n) is 3.68. The van der Waals surface area contributed by atoms with Crippen LogP contribution in [-0.4, -0.2) is 25.1 Å². The van der Waals surface area contributed by atoms with Gasteiger partial charge in [-0.25, -0.2) is 4.79 Å². The number of benzene rings is 2. The molecule has 5 nitrogen and oxygen atoms in total. The fourth-order valence-electron chi connectivity index (χ4n) is 2.67. The fourth-order valence-corrected chi connectivity index (χ4v) is 2.67. The predicted molar refractivity (Wildman–Crippen MR) is 97.2 cm³/mol. The molecule has 0 aromatic heterocycles. The Bertz CT molecular complexity index is 760. The molecule has 0 fully saturated rings. The maximum Gasteiger partial charge on any atom is 0.341 e. The molecule has 1 N–H and O–H groups in total. The molecule has 0 saturated heterocycles. The van der Waals surface area contributed by atoms with Crippen molar-refractivity contribution in [2.24, 2.45) is 0 Å². The molecule has 1 amide bonds. The van der Waals surface area contributed by atoms with Crippen LogP contribution in [0.25, 0.3) is 0 Å². The van der Waals surface area contributed by atoms with Crippen LogP contribution in [0.1, 0.15) is 34.0 Å². The standard InChI is InChI=1S/C20H23NO4/c1-5-24-20(23)16-8-6-7-9-17(16)25-12-18(22)21-19-14(3)10-13(2)11-15(19)4/h6-11H,5,12H2,1-4H3,(H,21,22). The molecular formula is C20H23NO4. The number of para-hydroxylation sites is 1. The molecule has 25 heavy (non-hydrogen) atoms. The smallest absolute Gasteiger partial charge is 0.341 e. The number of amides is 1. The van der Waals surface area contributed by atoms with Gasteiger partial charge in [-0.15, -0.1) is 0 Å². The number of carbonyl (C=O) groups is 2. The largest absolute Gasteiger partial charge is 0.483 e. The van der Waals surface area contributed by atoms with Gasteiger partial charge >= 0.3 is 5.97 Å². The molecule has 2 aromatic rings. The Kier molecular flexibility index (Phi) is 6.17. The van der Waals surface area contributed by atoms with E-state index in [1.54, 1.807) is 31.2 Å². The molecule has 0 bridgehead atoms. The van der Waals surface area contributed by atoms with Crippen LogP contribution in [0.2, 0.25) is 0 Å². The summed E-state index contributed by atoms with van der Waals surface area (Å²) >= 11 is 0. The summed E-state index contributed by atoms with van der Waals surface area (Å²) in [6.45, 7) is 7.74. The number of nitrogens with one attached hydrogen (secondary N) is 1. The molecule has 132 valence electrons. The van der Waals surface area contributed by atoms with E-state index >= 15 is 0 Å². The molecule has 0 aliphatic carbocycles. The Hall–Kier alpha value is -2.82. The highest BCUT2D eigenvalue weighted by atomic mass is 16.5. The molecule has 0 atom stereocenters. The summed E-state index contributed by atoms with van der Waals surface area (Å²) in [6, 6.07) is 10.7. The minimum absolute atomic E-state index is 0.191. The van der Waals surface area contributed by atoms with E-state index in [2.05, 4.69) is 5.32 Å². The van der Waals surface area contributed by atoms with Gasteiger partial charge in [-0.3, -0.25) is 4.79 Å². The van der Waals surface area contributed by atoms with E-state index in [9.17, 15) is 9.59 Å². The van der Waals surface area contributed by atoms with Crippen LogP contribution in [0.15, 0.2) is 36.4 Å². The molecule has 2 aromatic carbocycles. The lowest BCUT2D eigenvalue weighted by Gasteiger charge is -2.14. The summed E-state index contributed by atoms with van der Waals surface area (Å²) in [6.07, 6.45) is 0. The summed E-state index contributed by atoms with van der Waals surface area (Å²) < 4.78 is 10.5. The summed E-state index contributed by atoms with van der Waals surface area (Å²) in [7, 11) is 0. The summed E-state index contributed by atoms with van der Waals surface area (Å²) in [4.78, 5) is 24.1. The van der Waals surface area contributed by atoms with E-state index in [0.717, 1.165) is 22.4 Å². The number of hydrogen-bond donors (Lipinski definition) is 1. The van der Waals surface area contributed by atoms with Gasteiger partial charge in [0.05, 0.1) is 6.61 Å². The predicted octanol–water partition coefficient (Wildman–Crippen LogP) is 3.81. The first-order valence-corrected chi connectivity index (χ1v) is 8.19. The lowest BCUT2D eigenvalue weighted by atomic mass is 10.1. The molecule has 0 heterocycles. The lowest BCUT2D eigenvalue weighted by molar-refractivity contribution is -0.118. The van der Waals surface area contributed by atoms with Crippen molar-refractivity contribution in [2.75, 3.05) is 18.5 Å². The quantitative estimate of drug-likeness (QED) is 0.812. The van der Waals surface area contributed by atoms with Crippen molar-refractivity contribution in [3.63, 3.8) is 0 Å². The highest BCUT2D eigenvalue weighted by molar-refractivity contribution is 5.94. The first-order valence-electron chi connectivity index (χ1n) is 8.19. The van der Waals surface area contributed by atoms with Crippen molar-refractivity contribution in [1.29, 1.82) is 0 Å². The monoisotopic (exact) mass is 341 g/mol. The molecular weight excluding hydrogens is 318 g/mol. The van der Waals surface area contributed by atoms with Crippen molar-refractivity contribution < 1.29 is 19.1 Å². The zero-order chi connectivity index (χ0) is 18.4. The Morgan fingerprint density at radius 1 is 1.04 bits per heavy atom. The van der Waals surface area contributed by atoms with Crippen molar-refractivity contribution in [3.8, 4) is 5.75 Å². The zero-order valence-corrected chi connectivity index (χ0v) is 15.0. The average Bonchev–Trinajstić information content (AvgIpc) is 2.56. The molecule has 2 rings (SSSR count). The molecule has 0 aliphatic heterocycles. The number of esters is 1. The van der Waals surface area contributed by atoms with Gasteiger partial charge in [-0.1, -0.05) is 29.8 Å². The Labute approximate surface area is 148 Å². The van der Waals surface area contributed by atoms with Crippen molar-refractivity contribution in [3.05, 3.63) is 58.7 Å². The van der Waals surface area contributed by atoms with Gasteiger partial charge in [0.25, 0.3) is 5.91 Å². The zero-order valence-electron chi connectivity index (χ0n) is 15.0. The van der Waals surface area contributed by atoms with Gasteiger partial charge in [0.15, 0.2) is 6.61 Å². The van der Waals surface area contributed by atoms with E-state index in [1.165, 1.54) is 0 Å². The van der Waals surface area contributed by atoms with Crippen LogP contribution in [0.5, 0.6) is 5.75 Å². The maximum absolute atomic E-state index is 12.2. The van der Waals surface area contributed by atoms with Crippen molar-refractivity contribution >= 4 is 17.6 Å². The van der Waals surface area contributed by atoms with Crippen molar-refractivity contribution in [2.45, 2.75) is 27.7 Å². The van der Waals surface area contributed by atoms with E-state index < -0.39 is 5.97 Å². The normalized spacial score (nSPS) is 10.2. The molecule has 0 radical (unpaired) electrons. The Morgan fingerprint density at radius 2 is 1.68 bits per heavy atom. The Balaban J connectivity index is 2.05. The number of rotatable bonds is 6. The third-order valence-corrected chi connectivity index (χ3v) is 3.68. The summed E-state index contributed by atoms with van der Waals surface area (Å²) in [5.74, 6) is -0.425. The SMILES string of the molecule is CCOC(=O)c1ccccc1OCC(=O)Nc1c(C)cc(C)cc1C. The number of ether oxygens (including phenoxy) is 2. The Morgan fingerprint density at radius 3 is 2.32 bits per heavy atom. The van der Waals surface area contributed by atoms with Gasteiger partial charge in [-0.2, -0.15) is 0 Å². The highest BCUT2D eigenvalue weighted by Crippen LogP contribution is 2.22. The lowest BCUT2D eigenvalue weighted by Crippen LogP contribution is -2.22. The minimum atomic E-state index is -0.469. The number of carbonyl (C=O) groups excluding carboxylic acids is 2. The van der Waals surface area contributed by atoms with E-state index in [-0.39, 0.29) is 19.1 Å². The van der Waals surface area contributed by atoms with Crippen molar-refractivity contribution in [1.82, 2.24) is 0 Å². The first kappa shape index (κ1) is 18.5. The van der Waals surface area contributed by atoms with Crippen LogP contribution >= 0.6 is 0 Å². The fraction of sp³-hybridized carbons (Fsp3) is 0.300.